The van der Waals surface area contributed by atoms with E-state index in [-0.39, 0.29) is 93.6 Å². The Hall–Kier alpha value is -10.7. The summed E-state index contributed by atoms with van der Waals surface area (Å²) in [7, 11) is 4.32. The number of nitrogens with one attached hydrogen (secondary N) is 5. The molecule has 0 radical (unpaired) electrons. The molecule has 3 aromatic heterocycles. The van der Waals surface area contributed by atoms with Gasteiger partial charge in [0, 0.05) is 156 Å². The van der Waals surface area contributed by atoms with Crippen molar-refractivity contribution in [2.75, 3.05) is 168 Å². The molecule has 7 amide bonds. The number of hydrogen-bond acceptors (Lipinski definition) is 18. The minimum absolute atomic E-state index is 0.101. The van der Waals surface area contributed by atoms with E-state index >= 15 is 0 Å². The number of aromatic amines is 3. The van der Waals surface area contributed by atoms with E-state index in [2.05, 4.69) is 155 Å². The van der Waals surface area contributed by atoms with Crippen molar-refractivity contribution >= 4 is 85.8 Å². The van der Waals surface area contributed by atoms with Gasteiger partial charge in [0.1, 0.15) is 29.0 Å². The smallest absolute Gasteiger partial charge is 0.243 e. The average molecular weight is 1580 g/mol. The number of ether oxygens (including phenoxy) is 2. The molecule has 0 bridgehead atoms. The van der Waals surface area contributed by atoms with Crippen LogP contribution in [0.5, 0.6) is 11.5 Å². The van der Waals surface area contributed by atoms with Gasteiger partial charge in [0.15, 0.2) is 0 Å². The summed E-state index contributed by atoms with van der Waals surface area (Å²) in [6.07, 6.45) is 5.52. The number of carbonyl (C=O) groups excluding carboxylic acids is 7. The number of primary amides is 1. The quantitative estimate of drug-likeness (QED) is 0.0176. The highest BCUT2D eigenvalue weighted by Gasteiger charge is 2.32. The number of anilines is 2. The van der Waals surface area contributed by atoms with Gasteiger partial charge in [0.05, 0.1) is 85.6 Å². The van der Waals surface area contributed by atoms with E-state index in [9.17, 15) is 33.6 Å². The Morgan fingerprint density at radius 1 is 0.470 bits per heavy atom. The van der Waals surface area contributed by atoms with Crippen molar-refractivity contribution < 1.29 is 43.0 Å². The molecule has 28 heteroatoms. The number of nitrogens with two attached hydrogens (primary N) is 2. The highest BCUT2D eigenvalue weighted by Crippen LogP contribution is 2.43. The Morgan fingerprint density at radius 3 is 1.49 bits per heavy atom. The second kappa shape index (κ2) is 40.5. The zero-order chi connectivity index (χ0) is 82.5. The lowest BCUT2D eigenvalue weighted by Gasteiger charge is -2.34. The molecule has 0 atom stereocenters. The van der Waals surface area contributed by atoms with E-state index in [0.717, 1.165) is 131 Å². The van der Waals surface area contributed by atoms with Crippen molar-refractivity contribution in [1.29, 1.82) is 0 Å². The monoisotopic (exact) mass is 1580 g/mol. The van der Waals surface area contributed by atoms with Crippen LogP contribution in [-0.2, 0) is 44.4 Å². The number of imidazole rings is 3. The van der Waals surface area contributed by atoms with E-state index in [1.165, 1.54) is 42.1 Å². The largest absolute Gasteiger partial charge is 0.494 e. The highest BCUT2D eigenvalue weighted by molar-refractivity contribution is 5.93. The van der Waals surface area contributed by atoms with E-state index in [4.69, 9.17) is 35.9 Å². The third-order valence-electron chi connectivity index (χ3n) is 21.0. The predicted molar refractivity (Wildman–Crippen MR) is 456 cm³/mol. The summed E-state index contributed by atoms with van der Waals surface area (Å²) in [6, 6.07) is 30.9. The molecule has 9 N–H and O–H groups in total. The predicted octanol–water partition coefficient (Wildman–Crippen LogP) is 9.60. The van der Waals surface area contributed by atoms with Crippen LogP contribution in [-0.4, -0.2) is 264 Å². The normalized spacial score (nSPS) is 13.8. The van der Waals surface area contributed by atoms with Gasteiger partial charge < -0.3 is 90.6 Å². The molecule has 10 rings (SSSR count). The van der Waals surface area contributed by atoms with Crippen LogP contribution in [0.15, 0.2) is 103 Å². The molecule has 0 unspecified atom stereocenters. The fraction of sp³-hybridized carbons (Fsp3) is 0.517. The van der Waals surface area contributed by atoms with Crippen LogP contribution < -0.4 is 41.4 Å². The Balaban J connectivity index is 0.646. The first-order valence-corrected chi connectivity index (χ1v) is 41.1. The first-order valence-electron chi connectivity index (χ1n) is 41.1. The number of carbonyl (C=O) groups is 7. The molecule has 8 aromatic rings. The summed E-state index contributed by atoms with van der Waals surface area (Å²) in [6.45, 7) is 29.1. The van der Waals surface area contributed by atoms with Crippen molar-refractivity contribution in [3.63, 3.8) is 0 Å². The summed E-state index contributed by atoms with van der Waals surface area (Å²) in [5, 5.41) is 6.12. The number of likely N-dealkylation sites (N-methyl/N-ethyl adjacent to an activating group) is 2. The van der Waals surface area contributed by atoms with Crippen molar-refractivity contribution in [3.05, 3.63) is 114 Å². The fourth-order valence-electron chi connectivity index (χ4n) is 14.5. The summed E-state index contributed by atoms with van der Waals surface area (Å²) in [5.74, 6) is 0.686. The highest BCUT2D eigenvalue weighted by atomic mass is 16.5. The number of amides is 7. The summed E-state index contributed by atoms with van der Waals surface area (Å²) in [4.78, 5) is 138. The van der Waals surface area contributed by atoms with E-state index in [1.807, 2.05) is 64.1 Å². The van der Waals surface area contributed by atoms with Crippen molar-refractivity contribution in [2.24, 2.45) is 11.5 Å². The first kappa shape index (κ1) is 86.7. The molecule has 620 valence electrons. The maximum Gasteiger partial charge on any atom is 0.243 e. The number of fused-ring (bicyclic) bond motifs is 3. The van der Waals surface area contributed by atoms with Crippen molar-refractivity contribution in [1.82, 2.24) is 74.8 Å². The Morgan fingerprint density at radius 2 is 0.939 bits per heavy atom. The van der Waals surface area contributed by atoms with Gasteiger partial charge in [-0.05, 0) is 149 Å². The lowest BCUT2D eigenvalue weighted by molar-refractivity contribution is -0.147. The van der Waals surface area contributed by atoms with E-state index < -0.39 is 42.6 Å². The van der Waals surface area contributed by atoms with E-state index in [1.54, 1.807) is 0 Å². The minimum atomic E-state index is -0.777. The summed E-state index contributed by atoms with van der Waals surface area (Å²) < 4.78 is 12.8. The van der Waals surface area contributed by atoms with Gasteiger partial charge in [-0.2, -0.15) is 0 Å². The second-order valence-electron chi connectivity index (χ2n) is 32.7. The number of aromatic nitrogens is 6. The maximum absolute atomic E-state index is 14.2. The average Bonchev–Trinajstić information content (AvgIpc) is 1.76. The molecule has 115 heavy (non-hydrogen) atoms. The molecule has 28 nitrogen and oxygen atoms in total. The van der Waals surface area contributed by atoms with E-state index in [0.29, 0.717) is 82.8 Å². The Bertz CT molecular complexity index is 4630. The second-order valence-corrected chi connectivity index (χ2v) is 32.7. The zero-order valence-electron chi connectivity index (χ0n) is 69.9. The lowest BCUT2D eigenvalue weighted by atomic mass is 9.78. The number of rotatable bonds is 40. The SMILES string of the molecule is CCCN(CC(=O)N(CCC)CC(=O)N(CCC)CC(=O)N(CCC)CC(=O)N(CC(N)=O)C/C(N)=C/NCCCNC(=O)CCCOc1c(C(C)(C)C)cc(-c2nc3cc(N4CCN(C)CC4)ccc3[nH]2)cc1C(C)(C)C)C(=O)CCCOc1cccc(-c2nc3ccc(-c4nc5ccc(N6CCN(C)CC6)cc5[nH]4)cc3[nH]2)c1. The van der Waals surface area contributed by atoms with Gasteiger partial charge in [-0.3, -0.25) is 33.6 Å². The molecule has 2 aliphatic rings. The van der Waals surface area contributed by atoms with Gasteiger partial charge in [-0.1, -0.05) is 81.4 Å². The molecule has 5 heterocycles. The van der Waals surface area contributed by atoms with Gasteiger partial charge in [-0.25, -0.2) is 15.0 Å². The fourth-order valence-corrected chi connectivity index (χ4v) is 14.5. The Labute approximate surface area is 677 Å². The van der Waals surface area contributed by atoms with Crippen LogP contribution in [0.4, 0.5) is 11.4 Å². The van der Waals surface area contributed by atoms with Crippen LogP contribution in [0.1, 0.15) is 138 Å². The molecule has 0 spiro atoms. The molecule has 2 saturated heterocycles. The number of hydrogen-bond donors (Lipinski definition) is 7. The third kappa shape index (κ3) is 24.2. The van der Waals surface area contributed by atoms with Crippen LogP contribution in [0.25, 0.3) is 67.3 Å². The molecule has 0 aliphatic carbocycles. The van der Waals surface area contributed by atoms with Gasteiger partial charge >= 0.3 is 0 Å². The molecule has 5 aromatic carbocycles. The standard InChI is InChI=1S/C87H123N19O9/c1-13-33-102(77(109)24-19-45-114-66-22-17-21-60(47-66)83-92-69-28-25-61(50-72(69)95-83)84-93-70-29-26-64(51-73(70)96-84)100-41-37-98(11)38-42-100)56-78(110)103(34-14-2)57-79(111)104(35-15-3)58-80(112)105(36-16-4)59-81(113)106(55-75(89)107)54-63(88)53-90-31-20-32-91-76(108)23-18-46-115-82-67(86(5,6)7)48-62(49-68(82)87(8,9)10)85-94-71-30-27-65(52-74(71)97-85)101-43-39-99(12)40-44-101/h17,21-22,25-30,47-53,90H,13-16,18-20,23-24,31-46,54-59,88H2,1-12H3,(H2,89,107)(H,91,108)(H,92,95)(H,93,96)(H,94,97)/b63-53-. The molecule has 0 saturated carbocycles. The van der Waals surface area contributed by atoms with Gasteiger partial charge in [0.2, 0.25) is 41.4 Å². The van der Waals surface area contributed by atoms with Crippen LogP contribution in [0.2, 0.25) is 0 Å². The lowest BCUT2D eigenvalue weighted by Crippen LogP contribution is -2.51. The van der Waals surface area contributed by atoms with Crippen LogP contribution in [0.3, 0.4) is 0 Å². The molecule has 2 aliphatic heterocycles. The maximum atomic E-state index is 14.2. The van der Waals surface area contributed by atoms with Crippen LogP contribution >= 0.6 is 0 Å². The third-order valence-corrected chi connectivity index (χ3v) is 21.0. The molecular weight excluding hydrogens is 1460 g/mol. The van der Waals surface area contributed by atoms with Crippen LogP contribution in [0, 0.1) is 0 Å². The van der Waals surface area contributed by atoms with Crippen molar-refractivity contribution in [2.45, 2.75) is 138 Å². The summed E-state index contributed by atoms with van der Waals surface area (Å²) in [5.41, 5.74) is 24.5. The zero-order valence-corrected chi connectivity index (χ0v) is 69.9. The Kier molecular flexibility index (Phi) is 30.5. The number of benzene rings is 5. The van der Waals surface area contributed by atoms with Gasteiger partial charge in [-0.15, -0.1) is 0 Å². The van der Waals surface area contributed by atoms with Crippen molar-refractivity contribution in [3.8, 4) is 45.7 Å². The summed E-state index contributed by atoms with van der Waals surface area (Å²) >= 11 is 0. The number of piperazine rings is 2. The topological polar surface area (TPSA) is 329 Å². The number of H-pyrrole nitrogens is 3. The molecule has 2 fully saturated rings. The minimum Gasteiger partial charge on any atom is -0.494 e. The first-order chi connectivity index (χ1) is 55.1. The number of nitrogens with zero attached hydrogens (tertiary/aromatic N) is 12. The molecular formula is C87H123N19O9. The van der Waals surface area contributed by atoms with Gasteiger partial charge in [0.25, 0.3) is 0 Å².